The number of aliphatic hydroxyl groups excluding tert-OH is 1. The molecule has 0 heterocycles. The summed E-state index contributed by atoms with van der Waals surface area (Å²) < 4.78 is 13.5. The van der Waals surface area contributed by atoms with Gasteiger partial charge in [0.25, 0.3) is 5.91 Å². The van der Waals surface area contributed by atoms with Gasteiger partial charge in [0.1, 0.15) is 5.82 Å². The molecule has 2 rings (SSSR count). The molecule has 0 unspecified atom stereocenters. The first-order valence-corrected chi connectivity index (χ1v) is 6.83. The third kappa shape index (κ3) is 3.65. The summed E-state index contributed by atoms with van der Waals surface area (Å²) in [7, 11) is 0. The Morgan fingerprint density at radius 1 is 1.20 bits per heavy atom. The summed E-state index contributed by atoms with van der Waals surface area (Å²) in [5, 5.41) is 12.6. The van der Waals surface area contributed by atoms with Gasteiger partial charge in [0.05, 0.1) is 11.7 Å². The molecule has 104 valence electrons. The number of carbonyl (C=O) groups is 1. The zero-order chi connectivity index (χ0) is 14.5. The Labute approximate surface area is 124 Å². The number of hydrogen-bond acceptors (Lipinski definition) is 2. The van der Waals surface area contributed by atoms with Gasteiger partial charge in [-0.15, -0.1) is 0 Å². The van der Waals surface area contributed by atoms with Crippen LogP contribution < -0.4 is 5.32 Å². The van der Waals surface area contributed by atoms with Crippen LogP contribution >= 0.6 is 15.9 Å². The molecular formula is C15H13BrFNO2. The van der Waals surface area contributed by atoms with E-state index in [1.807, 2.05) is 6.07 Å². The lowest BCUT2D eigenvalue weighted by atomic mass is 10.1. The number of rotatable bonds is 4. The van der Waals surface area contributed by atoms with Gasteiger partial charge in [0.15, 0.2) is 0 Å². The Morgan fingerprint density at radius 3 is 2.50 bits per heavy atom. The van der Waals surface area contributed by atoms with Crippen molar-refractivity contribution in [2.75, 3.05) is 6.54 Å². The lowest BCUT2D eigenvalue weighted by Crippen LogP contribution is -2.28. The van der Waals surface area contributed by atoms with Gasteiger partial charge in [-0.05, 0) is 45.8 Å². The molecule has 2 aromatic carbocycles. The predicted octanol–water partition coefficient (Wildman–Crippen LogP) is 3.05. The van der Waals surface area contributed by atoms with E-state index in [9.17, 15) is 14.3 Å². The van der Waals surface area contributed by atoms with Crippen molar-refractivity contribution in [2.24, 2.45) is 0 Å². The number of hydrogen-bond donors (Lipinski definition) is 2. The van der Waals surface area contributed by atoms with Crippen LogP contribution in [0, 0.1) is 5.82 Å². The van der Waals surface area contributed by atoms with E-state index in [2.05, 4.69) is 21.2 Å². The van der Waals surface area contributed by atoms with Crippen molar-refractivity contribution in [1.29, 1.82) is 0 Å². The molecule has 0 saturated heterocycles. The molecule has 0 saturated carbocycles. The quantitative estimate of drug-likeness (QED) is 0.900. The SMILES string of the molecule is O=C(NC[C@@H](O)c1ccc(F)cc1)c1ccccc1Br. The standard InChI is InChI=1S/C15H13BrFNO2/c16-13-4-2-1-3-12(13)15(20)18-9-14(19)10-5-7-11(17)8-6-10/h1-8,14,19H,9H2,(H,18,20)/t14-/m1/s1. The summed E-state index contributed by atoms with van der Waals surface area (Å²) in [5.74, 6) is -0.642. The summed E-state index contributed by atoms with van der Waals surface area (Å²) in [6.45, 7) is 0.0613. The molecule has 5 heteroatoms. The Morgan fingerprint density at radius 2 is 1.85 bits per heavy atom. The number of amides is 1. The fourth-order valence-electron chi connectivity index (χ4n) is 1.73. The lowest BCUT2D eigenvalue weighted by Gasteiger charge is -2.12. The van der Waals surface area contributed by atoms with Crippen molar-refractivity contribution in [1.82, 2.24) is 5.32 Å². The van der Waals surface area contributed by atoms with Gasteiger partial charge >= 0.3 is 0 Å². The Bertz CT molecular complexity index is 601. The van der Waals surface area contributed by atoms with Crippen molar-refractivity contribution >= 4 is 21.8 Å². The molecule has 0 aromatic heterocycles. The van der Waals surface area contributed by atoms with Crippen LogP contribution in [0.2, 0.25) is 0 Å². The molecule has 0 aliphatic heterocycles. The third-order valence-electron chi connectivity index (χ3n) is 2.83. The van der Waals surface area contributed by atoms with Crippen LogP contribution in [0.3, 0.4) is 0 Å². The maximum atomic E-state index is 12.8. The molecule has 1 amide bonds. The number of nitrogens with one attached hydrogen (secondary N) is 1. The molecule has 0 spiro atoms. The Balaban J connectivity index is 1.97. The summed E-state index contributed by atoms with van der Waals surface area (Å²) in [4.78, 5) is 11.9. The lowest BCUT2D eigenvalue weighted by molar-refractivity contribution is 0.0915. The average Bonchev–Trinajstić information content (AvgIpc) is 2.45. The smallest absolute Gasteiger partial charge is 0.252 e. The van der Waals surface area contributed by atoms with Crippen molar-refractivity contribution in [3.8, 4) is 0 Å². The number of aliphatic hydroxyl groups is 1. The predicted molar refractivity (Wildman–Crippen MR) is 77.8 cm³/mol. The minimum atomic E-state index is -0.873. The van der Waals surface area contributed by atoms with Gasteiger partial charge in [-0.3, -0.25) is 4.79 Å². The van der Waals surface area contributed by atoms with Crippen LogP contribution in [0.15, 0.2) is 53.0 Å². The van der Waals surface area contributed by atoms with Gasteiger partial charge in [-0.25, -0.2) is 4.39 Å². The van der Waals surface area contributed by atoms with E-state index in [4.69, 9.17) is 0 Å². The van der Waals surface area contributed by atoms with E-state index < -0.39 is 6.10 Å². The van der Waals surface area contributed by atoms with Crippen molar-refractivity contribution in [2.45, 2.75) is 6.10 Å². The van der Waals surface area contributed by atoms with E-state index in [0.717, 1.165) is 0 Å². The van der Waals surface area contributed by atoms with E-state index in [-0.39, 0.29) is 18.3 Å². The molecule has 0 aliphatic carbocycles. The second-order valence-electron chi connectivity index (χ2n) is 4.26. The number of carbonyl (C=O) groups excluding carboxylic acids is 1. The van der Waals surface area contributed by atoms with Crippen LogP contribution in [0.1, 0.15) is 22.0 Å². The van der Waals surface area contributed by atoms with Crippen LogP contribution in [0.25, 0.3) is 0 Å². The molecule has 0 aliphatic rings. The fraction of sp³-hybridized carbons (Fsp3) is 0.133. The first-order chi connectivity index (χ1) is 9.58. The van der Waals surface area contributed by atoms with E-state index in [1.165, 1.54) is 24.3 Å². The van der Waals surface area contributed by atoms with Crippen LogP contribution in [0.4, 0.5) is 4.39 Å². The highest BCUT2D eigenvalue weighted by Gasteiger charge is 2.12. The molecule has 2 N–H and O–H groups in total. The zero-order valence-corrected chi connectivity index (χ0v) is 12.1. The number of benzene rings is 2. The van der Waals surface area contributed by atoms with Crippen molar-refractivity contribution in [3.63, 3.8) is 0 Å². The zero-order valence-electron chi connectivity index (χ0n) is 10.5. The summed E-state index contributed by atoms with van der Waals surface area (Å²) in [5.41, 5.74) is 1.05. The van der Waals surface area contributed by atoms with Gasteiger partial charge in [-0.1, -0.05) is 24.3 Å². The highest BCUT2D eigenvalue weighted by molar-refractivity contribution is 9.10. The summed E-state index contributed by atoms with van der Waals surface area (Å²) in [6, 6.07) is 12.6. The first kappa shape index (κ1) is 14.7. The van der Waals surface area contributed by atoms with Crippen molar-refractivity contribution in [3.05, 3.63) is 69.9 Å². The van der Waals surface area contributed by atoms with Gasteiger partial charge in [0, 0.05) is 11.0 Å². The monoisotopic (exact) mass is 337 g/mol. The van der Waals surface area contributed by atoms with Crippen LogP contribution in [0.5, 0.6) is 0 Å². The first-order valence-electron chi connectivity index (χ1n) is 6.04. The molecular weight excluding hydrogens is 325 g/mol. The number of halogens is 2. The largest absolute Gasteiger partial charge is 0.387 e. The van der Waals surface area contributed by atoms with Gasteiger partial charge < -0.3 is 10.4 Å². The van der Waals surface area contributed by atoms with E-state index in [0.29, 0.717) is 15.6 Å². The molecule has 2 aromatic rings. The summed E-state index contributed by atoms with van der Waals surface area (Å²) >= 11 is 3.29. The molecule has 0 fully saturated rings. The minimum Gasteiger partial charge on any atom is -0.387 e. The normalized spacial score (nSPS) is 11.9. The molecule has 3 nitrogen and oxygen atoms in total. The highest BCUT2D eigenvalue weighted by Crippen LogP contribution is 2.16. The van der Waals surface area contributed by atoms with Gasteiger partial charge in [-0.2, -0.15) is 0 Å². The van der Waals surface area contributed by atoms with Crippen LogP contribution in [-0.4, -0.2) is 17.6 Å². The second-order valence-corrected chi connectivity index (χ2v) is 5.11. The molecule has 0 radical (unpaired) electrons. The van der Waals surface area contributed by atoms with E-state index in [1.54, 1.807) is 18.2 Å². The maximum Gasteiger partial charge on any atom is 0.252 e. The average molecular weight is 338 g/mol. The molecule has 0 bridgehead atoms. The topological polar surface area (TPSA) is 49.3 Å². The van der Waals surface area contributed by atoms with Crippen LogP contribution in [-0.2, 0) is 0 Å². The third-order valence-corrected chi connectivity index (χ3v) is 3.52. The maximum absolute atomic E-state index is 12.8. The second kappa shape index (κ2) is 6.63. The van der Waals surface area contributed by atoms with Crippen molar-refractivity contribution < 1.29 is 14.3 Å². The molecule has 20 heavy (non-hydrogen) atoms. The molecule has 1 atom stereocenters. The van der Waals surface area contributed by atoms with Gasteiger partial charge in [0.2, 0.25) is 0 Å². The highest BCUT2D eigenvalue weighted by atomic mass is 79.9. The fourth-order valence-corrected chi connectivity index (χ4v) is 2.20. The minimum absolute atomic E-state index is 0.0613. The Kier molecular flexibility index (Phi) is 4.87. The Hall–Kier alpha value is -1.72. The summed E-state index contributed by atoms with van der Waals surface area (Å²) in [6.07, 6.45) is -0.873. The van der Waals surface area contributed by atoms with E-state index >= 15 is 0 Å².